The molecule has 1 rings (SSSR count). The highest BCUT2D eigenvalue weighted by Gasteiger charge is 2.00. The topological polar surface area (TPSA) is 33.1 Å². The number of hydrogen-bond donors (Lipinski definition) is 1. The summed E-state index contributed by atoms with van der Waals surface area (Å²) >= 11 is 0. The highest BCUT2D eigenvalue weighted by molar-refractivity contribution is 5.33. The summed E-state index contributed by atoms with van der Waals surface area (Å²) in [5.41, 5.74) is 0. The van der Waals surface area contributed by atoms with Gasteiger partial charge in [-0.3, -0.25) is 0 Å². The molecule has 0 aromatic carbocycles. The van der Waals surface area contributed by atoms with Crippen molar-refractivity contribution in [2.24, 2.45) is 0 Å². The van der Waals surface area contributed by atoms with Crippen molar-refractivity contribution in [3.8, 4) is 0 Å². The second-order valence-corrected chi connectivity index (χ2v) is 3.27. The van der Waals surface area contributed by atoms with E-state index in [9.17, 15) is 0 Å². The van der Waals surface area contributed by atoms with Crippen LogP contribution in [0.15, 0.2) is 12.3 Å². The molecule has 0 aliphatic heterocycles. The normalized spacial score (nSPS) is 10.8. The molecule has 4 heteroatoms. The summed E-state index contributed by atoms with van der Waals surface area (Å²) < 4.78 is 1.99. The number of rotatable bonds is 5. The zero-order valence-corrected chi connectivity index (χ0v) is 8.62. The summed E-state index contributed by atoms with van der Waals surface area (Å²) in [6, 6.07) is 2.00. The molecular formula is C9H18N4. The summed E-state index contributed by atoms with van der Waals surface area (Å²) in [4.78, 5) is 2.15. The number of likely N-dealkylation sites (N-methyl/N-ethyl adjacent to an activating group) is 1. The lowest BCUT2D eigenvalue weighted by atomic mass is 10.5. The molecule has 74 valence electrons. The fraction of sp³-hybridized carbons (Fsp3) is 0.667. The van der Waals surface area contributed by atoms with Crippen molar-refractivity contribution < 1.29 is 0 Å². The number of anilines is 1. The fourth-order valence-corrected chi connectivity index (χ4v) is 1.14. The second-order valence-electron chi connectivity index (χ2n) is 3.27. The van der Waals surface area contributed by atoms with E-state index in [1.54, 1.807) is 0 Å². The van der Waals surface area contributed by atoms with E-state index in [0.29, 0.717) is 0 Å². The highest BCUT2D eigenvalue weighted by Crippen LogP contribution is 2.04. The van der Waals surface area contributed by atoms with E-state index in [0.717, 1.165) is 25.5 Å². The molecule has 0 aliphatic carbocycles. The van der Waals surface area contributed by atoms with Crippen LogP contribution in [0, 0.1) is 0 Å². The Labute approximate surface area is 79.5 Å². The first-order valence-electron chi connectivity index (χ1n) is 4.64. The van der Waals surface area contributed by atoms with Crippen LogP contribution in [-0.2, 0) is 6.54 Å². The van der Waals surface area contributed by atoms with Gasteiger partial charge in [-0.25, -0.2) is 4.68 Å². The molecule has 1 aromatic heterocycles. The van der Waals surface area contributed by atoms with Gasteiger partial charge in [-0.2, -0.15) is 5.10 Å². The van der Waals surface area contributed by atoms with Crippen molar-refractivity contribution >= 4 is 5.82 Å². The number of hydrogen-bond acceptors (Lipinski definition) is 3. The van der Waals surface area contributed by atoms with Crippen molar-refractivity contribution in [2.75, 3.05) is 32.5 Å². The van der Waals surface area contributed by atoms with Crippen molar-refractivity contribution in [2.45, 2.75) is 13.5 Å². The van der Waals surface area contributed by atoms with Gasteiger partial charge in [0.2, 0.25) is 0 Å². The molecule has 0 atom stereocenters. The lowest BCUT2D eigenvalue weighted by Crippen LogP contribution is -2.20. The molecule has 13 heavy (non-hydrogen) atoms. The van der Waals surface area contributed by atoms with E-state index < -0.39 is 0 Å². The van der Waals surface area contributed by atoms with E-state index in [1.165, 1.54) is 0 Å². The van der Waals surface area contributed by atoms with Crippen LogP contribution in [0.3, 0.4) is 0 Å². The van der Waals surface area contributed by atoms with Gasteiger partial charge in [0.25, 0.3) is 0 Å². The Balaban J connectivity index is 2.49. The quantitative estimate of drug-likeness (QED) is 0.733. The molecule has 0 fully saturated rings. The van der Waals surface area contributed by atoms with Gasteiger partial charge in [0.15, 0.2) is 0 Å². The predicted molar refractivity (Wildman–Crippen MR) is 54.9 cm³/mol. The first-order chi connectivity index (χ1) is 6.24. The van der Waals surface area contributed by atoms with Crippen LogP contribution in [0.1, 0.15) is 6.92 Å². The highest BCUT2D eigenvalue weighted by atomic mass is 15.3. The third-order valence-electron chi connectivity index (χ3n) is 1.83. The number of aromatic nitrogens is 2. The minimum absolute atomic E-state index is 0.933. The van der Waals surface area contributed by atoms with Crippen LogP contribution in [0.4, 0.5) is 5.82 Å². The Kier molecular flexibility index (Phi) is 3.76. The molecule has 0 spiro atoms. The number of nitrogens with zero attached hydrogens (tertiary/aromatic N) is 3. The largest absolute Gasteiger partial charge is 0.371 e. The Morgan fingerprint density at radius 3 is 2.92 bits per heavy atom. The lowest BCUT2D eigenvalue weighted by Gasteiger charge is -2.11. The van der Waals surface area contributed by atoms with Crippen LogP contribution in [0.2, 0.25) is 0 Å². The first-order valence-corrected chi connectivity index (χ1v) is 4.64. The van der Waals surface area contributed by atoms with Crippen LogP contribution < -0.4 is 5.32 Å². The molecule has 0 unspecified atom stereocenters. The molecule has 1 N–H and O–H groups in total. The SMILES string of the molecule is CCNc1ccnn1CCN(C)C. The molecule has 0 bridgehead atoms. The average Bonchev–Trinajstić information content (AvgIpc) is 2.49. The van der Waals surface area contributed by atoms with Gasteiger partial charge < -0.3 is 10.2 Å². The van der Waals surface area contributed by atoms with Gasteiger partial charge in [0.1, 0.15) is 5.82 Å². The molecule has 0 aliphatic rings. The molecule has 0 saturated carbocycles. The monoisotopic (exact) mass is 182 g/mol. The summed E-state index contributed by atoms with van der Waals surface area (Å²) in [6.07, 6.45) is 1.83. The van der Waals surface area contributed by atoms with Gasteiger partial charge in [-0.15, -0.1) is 0 Å². The first kappa shape index (κ1) is 10.1. The molecule has 0 radical (unpaired) electrons. The van der Waals surface area contributed by atoms with E-state index in [1.807, 2.05) is 16.9 Å². The second kappa shape index (κ2) is 4.87. The van der Waals surface area contributed by atoms with E-state index in [4.69, 9.17) is 0 Å². The number of nitrogens with one attached hydrogen (secondary N) is 1. The lowest BCUT2D eigenvalue weighted by molar-refractivity contribution is 0.374. The van der Waals surface area contributed by atoms with Crippen molar-refractivity contribution in [1.82, 2.24) is 14.7 Å². The zero-order chi connectivity index (χ0) is 9.68. The summed E-state index contributed by atoms with van der Waals surface area (Å²) in [5.74, 6) is 1.10. The third-order valence-corrected chi connectivity index (χ3v) is 1.83. The molecule has 4 nitrogen and oxygen atoms in total. The Morgan fingerprint density at radius 2 is 2.31 bits per heavy atom. The standard InChI is InChI=1S/C9H18N4/c1-4-10-9-5-6-11-13(9)8-7-12(2)3/h5-6,10H,4,7-8H2,1-3H3. The van der Waals surface area contributed by atoms with Crippen LogP contribution in [0.5, 0.6) is 0 Å². The van der Waals surface area contributed by atoms with E-state index >= 15 is 0 Å². The Hall–Kier alpha value is -1.03. The van der Waals surface area contributed by atoms with Gasteiger partial charge in [-0.1, -0.05) is 0 Å². The van der Waals surface area contributed by atoms with Crippen molar-refractivity contribution in [3.63, 3.8) is 0 Å². The zero-order valence-electron chi connectivity index (χ0n) is 8.62. The summed E-state index contributed by atoms with van der Waals surface area (Å²) in [5, 5.41) is 7.50. The minimum atomic E-state index is 0.933. The summed E-state index contributed by atoms with van der Waals surface area (Å²) in [6.45, 7) is 4.97. The van der Waals surface area contributed by atoms with Crippen LogP contribution in [0.25, 0.3) is 0 Å². The third kappa shape index (κ3) is 3.06. The molecular weight excluding hydrogens is 164 g/mol. The average molecular weight is 182 g/mol. The van der Waals surface area contributed by atoms with Gasteiger partial charge in [0.05, 0.1) is 12.7 Å². The van der Waals surface area contributed by atoms with Gasteiger partial charge >= 0.3 is 0 Å². The predicted octanol–water partition coefficient (Wildman–Crippen LogP) is 0.876. The van der Waals surface area contributed by atoms with E-state index in [2.05, 4.69) is 36.3 Å². The van der Waals surface area contributed by atoms with Crippen molar-refractivity contribution in [3.05, 3.63) is 12.3 Å². The van der Waals surface area contributed by atoms with Crippen LogP contribution >= 0.6 is 0 Å². The maximum absolute atomic E-state index is 4.23. The van der Waals surface area contributed by atoms with Crippen molar-refractivity contribution in [1.29, 1.82) is 0 Å². The minimum Gasteiger partial charge on any atom is -0.371 e. The molecule has 0 saturated heterocycles. The smallest absolute Gasteiger partial charge is 0.124 e. The van der Waals surface area contributed by atoms with Gasteiger partial charge in [-0.05, 0) is 21.0 Å². The van der Waals surface area contributed by atoms with Crippen LogP contribution in [-0.4, -0.2) is 41.9 Å². The van der Waals surface area contributed by atoms with E-state index in [-0.39, 0.29) is 0 Å². The molecule has 1 aromatic rings. The summed E-state index contributed by atoms with van der Waals surface area (Å²) in [7, 11) is 4.13. The van der Waals surface area contributed by atoms with Gasteiger partial charge in [0, 0.05) is 19.2 Å². The maximum atomic E-state index is 4.23. The molecule has 1 heterocycles. The maximum Gasteiger partial charge on any atom is 0.124 e. The Morgan fingerprint density at radius 1 is 1.54 bits per heavy atom. The fourth-order valence-electron chi connectivity index (χ4n) is 1.14. The Bertz CT molecular complexity index is 242. The molecule has 0 amide bonds.